The molecule has 124 valence electrons. The van der Waals surface area contributed by atoms with Crippen molar-refractivity contribution in [3.05, 3.63) is 28.5 Å². The highest BCUT2D eigenvalue weighted by Gasteiger charge is 2.20. The number of nitrogens with one attached hydrogen (secondary N) is 2. The van der Waals surface area contributed by atoms with Gasteiger partial charge in [0, 0.05) is 19.6 Å². The maximum absolute atomic E-state index is 12.2. The molecule has 1 aromatic carbocycles. The minimum Gasteiger partial charge on any atom is -0.739 e. The zero-order valence-corrected chi connectivity index (χ0v) is 13.2. The van der Waals surface area contributed by atoms with Gasteiger partial charge in [0.25, 0.3) is 0 Å². The van der Waals surface area contributed by atoms with Crippen LogP contribution in [0.3, 0.4) is 0 Å². The highest BCUT2D eigenvalue weighted by Crippen LogP contribution is 2.34. The lowest BCUT2D eigenvalue weighted by Crippen LogP contribution is -2.46. The lowest BCUT2D eigenvalue weighted by molar-refractivity contribution is 0.0394. The van der Waals surface area contributed by atoms with Crippen LogP contribution in [0, 0.1) is 5.21 Å². The van der Waals surface area contributed by atoms with Gasteiger partial charge in [-0.3, -0.25) is 15.3 Å². The topological polar surface area (TPSA) is 75.2 Å². The smallest absolute Gasteiger partial charge is 0.214 e. The number of anilines is 2. The molecule has 2 N–H and O–H groups in total. The lowest BCUT2D eigenvalue weighted by atomic mass is 10.1. The molecule has 2 aliphatic heterocycles. The van der Waals surface area contributed by atoms with Gasteiger partial charge < -0.3 is 20.4 Å². The molecule has 1 aromatic rings. The predicted octanol–water partition coefficient (Wildman–Crippen LogP) is 1.10. The molecule has 4 rings (SSSR count). The van der Waals surface area contributed by atoms with E-state index in [0.717, 1.165) is 56.5 Å². The van der Waals surface area contributed by atoms with Gasteiger partial charge in [-0.05, 0) is 42.5 Å². The maximum Gasteiger partial charge on any atom is 0.214 e. The summed E-state index contributed by atoms with van der Waals surface area (Å²) in [7, 11) is 0. The molecular formula is C16H22N5O2-. The number of aryl methyl sites for hydroxylation is 2. The summed E-state index contributed by atoms with van der Waals surface area (Å²) in [4.78, 5) is 6.82. The Balaban J connectivity index is 1.42. The van der Waals surface area contributed by atoms with Crippen LogP contribution in [0.4, 0.5) is 11.4 Å². The number of hydrogen-bond donors (Lipinski definition) is 2. The minimum atomic E-state index is 0.527. The van der Waals surface area contributed by atoms with Crippen molar-refractivity contribution in [2.24, 2.45) is 4.99 Å². The van der Waals surface area contributed by atoms with Gasteiger partial charge in [-0.2, -0.15) is 0 Å². The summed E-state index contributed by atoms with van der Waals surface area (Å²) in [6.45, 7) is 5.03. The van der Waals surface area contributed by atoms with E-state index in [-0.39, 0.29) is 0 Å². The number of rotatable bonds is 3. The Morgan fingerprint density at radius 3 is 2.78 bits per heavy atom. The third-order valence-electron chi connectivity index (χ3n) is 4.68. The number of hydrazine groups is 1. The van der Waals surface area contributed by atoms with E-state index in [9.17, 15) is 5.21 Å². The zero-order valence-electron chi connectivity index (χ0n) is 13.2. The van der Waals surface area contributed by atoms with Gasteiger partial charge in [0.05, 0.1) is 31.1 Å². The van der Waals surface area contributed by atoms with Crippen molar-refractivity contribution in [1.82, 2.24) is 10.3 Å². The van der Waals surface area contributed by atoms with Crippen LogP contribution in [0.5, 0.6) is 0 Å². The zero-order chi connectivity index (χ0) is 15.6. The van der Waals surface area contributed by atoms with Crippen molar-refractivity contribution in [2.45, 2.75) is 19.3 Å². The molecule has 1 saturated heterocycles. The van der Waals surface area contributed by atoms with Gasteiger partial charge in [-0.15, -0.1) is 0 Å². The highest BCUT2D eigenvalue weighted by atomic mass is 16.5. The van der Waals surface area contributed by atoms with Crippen LogP contribution in [-0.2, 0) is 17.6 Å². The summed E-state index contributed by atoms with van der Waals surface area (Å²) in [6.07, 6.45) is 3.34. The van der Waals surface area contributed by atoms with E-state index < -0.39 is 0 Å². The summed E-state index contributed by atoms with van der Waals surface area (Å²) < 4.78 is 5.34. The number of ether oxygens (including phenoxy) is 1. The summed E-state index contributed by atoms with van der Waals surface area (Å²) >= 11 is 0. The number of guanidine groups is 1. The molecular weight excluding hydrogens is 294 g/mol. The molecule has 7 nitrogen and oxygen atoms in total. The summed E-state index contributed by atoms with van der Waals surface area (Å²) in [6, 6.07) is 4.09. The Hall–Kier alpha value is -1.83. The Kier molecular flexibility index (Phi) is 4.07. The van der Waals surface area contributed by atoms with Crippen LogP contribution < -0.4 is 15.9 Å². The molecule has 2 heterocycles. The fourth-order valence-electron chi connectivity index (χ4n) is 3.39. The summed E-state index contributed by atoms with van der Waals surface area (Å²) in [5.41, 5.74) is 6.92. The summed E-state index contributed by atoms with van der Waals surface area (Å²) in [5, 5.41) is 16.3. The van der Waals surface area contributed by atoms with E-state index >= 15 is 0 Å². The van der Waals surface area contributed by atoms with E-state index in [1.165, 1.54) is 17.5 Å². The van der Waals surface area contributed by atoms with Gasteiger partial charge >= 0.3 is 0 Å². The molecule has 0 unspecified atom stereocenters. The van der Waals surface area contributed by atoms with Crippen LogP contribution in [0.15, 0.2) is 17.1 Å². The molecule has 23 heavy (non-hydrogen) atoms. The first-order valence-electron chi connectivity index (χ1n) is 8.31. The highest BCUT2D eigenvalue weighted by molar-refractivity contribution is 6.01. The Morgan fingerprint density at radius 1 is 1.17 bits per heavy atom. The number of fused-ring (bicyclic) bond motifs is 2. The first kappa shape index (κ1) is 14.7. The van der Waals surface area contributed by atoms with E-state index in [2.05, 4.69) is 26.7 Å². The molecule has 0 radical (unpaired) electrons. The lowest BCUT2D eigenvalue weighted by Gasteiger charge is -2.38. The van der Waals surface area contributed by atoms with Gasteiger partial charge in [-0.25, -0.2) is 0 Å². The number of aliphatic imine (C=N–C) groups is 1. The predicted molar refractivity (Wildman–Crippen MR) is 90.6 cm³/mol. The fraction of sp³-hybridized carbons (Fsp3) is 0.562. The Bertz CT molecular complexity index is 613. The molecule has 0 aromatic heterocycles. The van der Waals surface area contributed by atoms with E-state index in [1.807, 2.05) is 6.07 Å². The minimum absolute atomic E-state index is 0.527. The molecule has 1 fully saturated rings. The molecule has 0 spiro atoms. The standard InChI is InChI=1S/C16H22N5O2/c22-21-15-11-13-3-1-2-12(13)10-14(15)18-16(19-21)17-4-5-20-6-8-23-9-7-20/h10-11H,1-9H2,(H2,17,18,19)/q-1. The van der Waals surface area contributed by atoms with E-state index in [4.69, 9.17) is 4.74 Å². The number of hydrogen-bond acceptors (Lipinski definition) is 5. The van der Waals surface area contributed by atoms with Crippen LogP contribution >= 0.6 is 0 Å². The third-order valence-corrected chi connectivity index (χ3v) is 4.68. The number of benzene rings is 1. The van der Waals surface area contributed by atoms with E-state index in [1.54, 1.807) is 0 Å². The van der Waals surface area contributed by atoms with Crippen LogP contribution in [0.2, 0.25) is 0 Å². The molecule has 0 amide bonds. The van der Waals surface area contributed by atoms with Crippen molar-refractivity contribution < 1.29 is 4.74 Å². The molecule has 7 heteroatoms. The van der Waals surface area contributed by atoms with Crippen LogP contribution in [-0.4, -0.2) is 50.3 Å². The normalized spacial score (nSPS) is 22.5. The van der Waals surface area contributed by atoms with Crippen molar-refractivity contribution in [2.75, 3.05) is 49.9 Å². The number of nitrogens with zero attached hydrogens (tertiary/aromatic N) is 3. The van der Waals surface area contributed by atoms with Crippen molar-refractivity contribution in [3.63, 3.8) is 0 Å². The monoisotopic (exact) mass is 316 g/mol. The molecule has 0 atom stereocenters. The average molecular weight is 316 g/mol. The van der Waals surface area contributed by atoms with Gasteiger partial charge in [0.1, 0.15) is 0 Å². The second-order valence-electron chi connectivity index (χ2n) is 6.21. The molecule has 0 bridgehead atoms. The SMILES string of the molecule is [O-]N1NC(=NCCN2CCOCC2)Nc2cc3c(cc21)CCC3. The van der Waals surface area contributed by atoms with Gasteiger partial charge in [0.15, 0.2) is 0 Å². The Morgan fingerprint density at radius 2 is 1.96 bits per heavy atom. The average Bonchev–Trinajstić information content (AvgIpc) is 3.02. The first-order valence-corrected chi connectivity index (χ1v) is 8.31. The third kappa shape index (κ3) is 3.12. The van der Waals surface area contributed by atoms with Crippen molar-refractivity contribution in [1.29, 1.82) is 0 Å². The first-order chi connectivity index (χ1) is 11.3. The second-order valence-corrected chi connectivity index (χ2v) is 6.21. The molecule has 3 aliphatic rings. The Labute approximate surface area is 135 Å². The van der Waals surface area contributed by atoms with Crippen molar-refractivity contribution in [3.8, 4) is 0 Å². The second kappa shape index (κ2) is 6.35. The molecule has 1 aliphatic carbocycles. The van der Waals surface area contributed by atoms with Crippen LogP contribution in [0.1, 0.15) is 17.5 Å². The quantitative estimate of drug-likeness (QED) is 0.870. The van der Waals surface area contributed by atoms with Gasteiger partial charge in [0.2, 0.25) is 5.96 Å². The summed E-state index contributed by atoms with van der Waals surface area (Å²) in [5.74, 6) is 0.527. The maximum atomic E-state index is 12.2. The van der Waals surface area contributed by atoms with E-state index in [0.29, 0.717) is 18.2 Å². The van der Waals surface area contributed by atoms with Gasteiger partial charge in [-0.1, -0.05) is 0 Å². The molecule has 0 saturated carbocycles. The van der Waals surface area contributed by atoms with Crippen molar-refractivity contribution >= 4 is 17.3 Å². The van der Waals surface area contributed by atoms with Crippen LogP contribution in [0.25, 0.3) is 0 Å². The largest absolute Gasteiger partial charge is 0.739 e. The number of morpholine rings is 1. The fourth-order valence-corrected chi connectivity index (χ4v) is 3.39.